The van der Waals surface area contributed by atoms with E-state index in [0.717, 1.165) is 31.4 Å². The maximum atomic E-state index is 13.5. The number of hydrogen-bond donors (Lipinski definition) is 6. The van der Waals surface area contributed by atoms with Gasteiger partial charge in [-0.1, -0.05) is 19.3 Å². The maximum Gasteiger partial charge on any atom is 0.251 e. The highest BCUT2D eigenvalue weighted by atomic mass is 32.3. The summed E-state index contributed by atoms with van der Waals surface area (Å²) >= 11 is 0. The van der Waals surface area contributed by atoms with Gasteiger partial charge in [-0.25, -0.2) is 0 Å². The van der Waals surface area contributed by atoms with Gasteiger partial charge in [-0.15, -0.1) is 10.8 Å². The van der Waals surface area contributed by atoms with Gasteiger partial charge in [0.2, 0.25) is 0 Å². The Bertz CT molecular complexity index is 997. The number of rotatable bonds is 11. The van der Waals surface area contributed by atoms with Crippen molar-refractivity contribution < 1.29 is 23.4 Å². The van der Waals surface area contributed by atoms with Crippen LogP contribution in [0, 0.1) is 0 Å². The van der Waals surface area contributed by atoms with Crippen LogP contribution in [0.4, 0.5) is 11.4 Å². The second-order valence-electron chi connectivity index (χ2n) is 10.1. The molecule has 37 heavy (non-hydrogen) atoms. The summed E-state index contributed by atoms with van der Waals surface area (Å²) in [5.41, 5.74) is 1.73. The molecule has 1 aliphatic carbocycles. The van der Waals surface area contributed by atoms with Gasteiger partial charge in [-0.3, -0.25) is 18.2 Å². The summed E-state index contributed by atoms with van der Waals surface area (Å²) in [5, 5.41) is 20.8. The molecule has 1 saturated heterocycles. The second-order valence-corrected chi connectivity index (χ2v) is 12.2. The number of furan rings is 1. The van der Waals surface area contributed by atoms with Crippen molar-refractivity contribution in [2.24, 2.45) is 0 Å². The molecule has 1 aromatic heterocycles. The smallest absolute Gasteiger partial charge is 0.251 e. The number of anilines is 2. The molecule has 2 heterocycles. The quantitative estimate of drug-likeness (QED) is 0.247. The van der Waals surface area contributed by atoms with Gasteiger partial charge in [-0.2, -0.15) is 0 Å². The Morgan fingerprint density at radius 1 is 1.16 bits per heavy atom. The average Bonchev–Trinajstić information content (AvgIpc) is 3.40. The summed E-state index contributed by atoms with van der Waals surface area (Å²) in [4.78, 5) is 13.5. The van der Waals surface area contributed by atoms with Crippen LogP contribution < -0.4 is 20.3 Å². The molecule has 1 saturated carbocycles. The minimum absolute atomic E-state index is 0.325. The highest BCUT2D eigenvalue weighted by Crippen LogP contribution is 2.50. The molecule has 1 aliphatic heterocycles. The summed E-state index contributed by atoms with van der Waals surface area (Å²) < 4.78 is 28.5. The Morgan fingerprint density at radius 2 is 1.97 bits per heavy atom. The third kappa shape index (κ3) is 7.64. The number of hydrogen-bond acceptors (Lipinski definition) is 8. The van der Waals surface area contributed by atoms with E-state index in [1.807, 2.05) is 19.1 Å². The summed E-state index contributed by atoms with van der Waals surface area (Å²) in [6.45, 7) is 3.53. The van der Waals surface area contributed by atoms with Crippen LogP contribution in [0.1, 0.15) is 68.0 Å². The van der Waals surface area contributed by atoms with E-state index in [-0.39, 0.29) is 5.91 Å². The van der Waals surface area contributed by atoms with Gasteiger partial charge < -0.3 is 25.5 Å². The Hall–Kier alpha value is -2.24. The molecular weight excluding hydrogens is 492 g/mol. The lowest BCUT2D eigenvalue weighted by atomic mass is 9.95. The standard InChI is InChI=1S/C27H42N4O5S/c1-2-28-22-15-20(16-23(17-22)31-12-6-7-14-37(31,34)35)27(33)30-25(18-24-11-8-13-36-24)26(32)19-29-21-9-4-3-5-10-21/h8,11,13,15-17,21,25-26,28-29,32,34-35H,2-7,9-10,12,14,18-19H2,1H3,(H,30,33)/t25-,26+/m0/s1. The number of carbonyl (C=O) groups excluding carboxylic acids is 1. The Morgan fingerprint density at radius 3 is 2.68 bits per heavy atom. The SMILES string of the molecule is CCNc1cc(C(=O)N[C@@H](Cc2ccco2)[C@H](O)CNC2CCCCC2)cc(N2CCCCS2(O)O)c1. The maximum absolute atomic E-state index is 13.5. The van der Waals surface area contributed by atoms with E-state index >= 15 is 0 Å². The number of nitrogens with one attached hydrogen (secondary N) is 3. The molecule has 2 aliphatic rings. The summed E-state index contributed by atoms with van der Waals surface area (Å²) in [7, 11) is -2.93. The van der Waals surface area contributed by atoms with Crippen LogP contribution in [-0.2, 0) is 6.42 Å². The highest BCUT2D eigenvalue weighted by Gasteiger charge is 2.29. The number of aliphatic hydroxyl groups excluding tert-OH is 1. The first-order chi connectivity index (χ1) is 17.9. The summed E-state index contributed by atoms with van der Waals surface area (Å²) in [5.74, 6) is 0.680. The first kappa shape index (κ1) is 27.8. The van der Waals surface area contributed by atoms with Crippen molar-refractivity contribution >= 4 is 28.1 Å². The molecule has 206 valence electrons. The number of carbonyl (C=O) groups is 1. The monoisotopic (exact) mass is 534 g/mol. The zero-order chi connectivity index (χ0) is 26.3. The van der Waals surface area contributed by atoms with Gasteiger partial charge in [0.15, 0.2) is 0 Å². The number of aliphatic hydroxyl groups is 1. The van der Waals surface area contributed by atoms with Gasteiger partial charge in [0, 0.05) is 43.3 Å². The van der Waals surface area contributed by atoms with Crippen LogP contribution in [0.25, 0.3) is 0 Å². The van der Waals surface area contributed by atoms with Crippen LogP contribution in [0.2, 0.25) is 0 Å². The fraction of sp³-hybridized carbons (Fsp3) is 0.593. The second kappa shape index (κ2) is 13.0. The molecule has 10 heteroatoms. The Labute approximate surface area is 221 Å². The predicted octanol–water partition coefficient (Wildman–Crippen LogP) is 4.60. The van der Waals surface area contributed by atoms with E-state index in [4.69, 9.17) is 4.42 Å². The van der Waals surface area contributed by atoms with E-state index in [2.05, 4.69) is 16.0 Å². The molecule has 1 aromatic carbocycles. The van der Waals surface area contributed by atoms with Gasteiger partial charge in [0.1, 0.15) is 5.76 Å². The molecule has 0 bridgehead atoms. The zero-order valence-electron chi connectivity index (χ0n) is 21.7. The molecule has 0 unspecified atom stereocenters. The molecule has 6 N–H and O–H groups in total. The third-order valence-electron chi connectivity index (χ3n) is 7.23. The molecule has 2 atom stereocenters. The summed E-state index contributed by atoms with van der Waals surface area (Å²) in [6, 6.07) is 8.78. The fourth-order valence-electron chi connectivity index (χ4n) is 5.21. The zero-order valence-corrected chi connectivity index (χ0v) is 22.5. The summed E-state index contributed by atoms with van der Waals surface area (Å²) in [6.07, 6.45) is 8.64. The molecule has 0 spiro atoms. The van der Waals surface area contributed by atoms with Crippen molar-refractivity contribution in [3.05, 3.63) is 47.9 Å². The van der Waals surface area contributed by atoms with Crippen LogP contribution in [0.15, 0.2) is 41.0 Å². The van der Waals surface area contributed by atoms with Crippen LogP contribution in [0.5, 0.6) is 0 Å². The predicted molar refractivity (Wildman–Crippen MR) is 149 cm³/mol. The van der Waals surface area contributed by atoms with Crippen molar-refractivity contribution in [2.45, 2.75) is 76.5 Å². The molecule has 1 amide bonds. The highest BCUT2D eigenvalue weighted by molar-refractivity contribution is 8.25. The van der Waals surface area contributed by atoms with E-state index in [1.165, 1.54) is 19.3 Å². The molecule has 9 nitrogen and oxygen atoms in total. The van der Waals surface area contributed by atoms with E-state index in [9.17, 15) is 19.0 Å². The van der Waals surface area contributed by atoms with Gasteiger partial charge in [0.25, 0.3) is 5.91 Å². The van der Waals surface area contributed by atoms with Crippen molar-refractivity contribution in [1.29, 1.82) is 0 Å². The fourth-order valence-corrected chi connectivity index (χ4v) is 6.89. The Balaban J connectivity index is 1.52. The van der Waals surface area contributed by atoms with Crippen LogP contribution in [0.3, 0.4) is 0 Å². The number of amides is 1. The van der Waals surface area contributed by atoms with E-state index < -0.39 is 22.9 Å². The lowest BCUT2D eigenvalue weighted by Gasteiger charge is -2.47. The van der Waals surface area contributed by atoms with Crippen molar-refractivity contribution in [3.63, 3.8) is 0 Å². The van der Waals surface area contributed by atoms with Gasteiger partial charge >= 0.3 is 0 Å². The van der Waals surface area contributed by atoms with Gasteiger partial charge in [0.05, 0.1) is 29.8 Å². The third-order valence-corrected chi connectivity index (χ3v) is 9.17. The first-order valence-corrected chi connectivity index (χ1v) is 15.2. The van der Waals surface area contributed by atoms with Crippen LogP contribution in [-0.4, -0.2) is 63.7 Å². The molecule has 0 radical (unpaired) electrons. The molecular formula is C27H42N4O5S. The van der Waals surface area contributed by atoms with Crippen molar-refractivity contribution in [1.82, 2.24) is 10.6 Å². The average molecular weight is 535 g/mol. The lowest BCUT2D eigenvalue weighted by molar-refractivity contribution is 0.0814. The van der Waals surface area contributed by atoms with E-state index in [0.29, 0.717) is 54.9 Å². The molecule has 2 aromatic rings. The van der Waals surface area contributed by atoms with Crippen molar-refractivity contribution in [3.8, 4) is 0 Å². The lowest BCUT2D eigenvalue weighted by Crippen LogP contribution is -2.50. The topological polar surface area (TPSA) is 130 Å². The minimum Gasteiger partial charge on any atom is -0.469 e. The largest absolute Gasteiger partial charge is 0.469 e. The van der Waals surface area contributed by atoms with Crippen molar-refractivity contribution in [2.75, 3.05) is 35.0 Å². The van der Waals surface area contributed by atoms with Gasteiger partial charge in [-0.05, 0) is 62.9 Å². The number of nitrogens with zero attached hydrogens (tertiary/aromatic N) is 1. The number of benzene rings is 1. The normalized spacial score (nSPS) is 20.7. The first-order valence-electron chi connectivity index (χ1n) is 13.5. The Kier molecular flexibility index (Phi) is 9.77. The molecule has 2 fully saturated rings. The minimum atomic E-state index is -2.93. The van der Waals surface area contributed by atoms with E-state index in [1.54, 1.807) is 28.8 Å². The molecule has 4 rings (SSSR count). The van der Waals surface area contributed by atoms with Crippen LogP contribution >= 0.6 is 10.8 Å².